The second-order valence-electron chi connectivity index (χ2n) is 5.08. The molecule has 1 atom stereocenters. The van der Waals surface area contributed by atoms with Gasteiger partial charge in [-0.2, -0.15) is 0 Å². The molecule has 0 saturated heterocycles. The summed E-state index contributed by atoms with van der Waals surface area (Å²) >= 11 is 0. The van der Waals surface area contributed by atoms with E-state index >= 15 is 0 Å². The van der Waals surface area contributed by atoms with E-state index in [0.29, 0.717) is 12.2 Å². The van der Waals surface area contributed by atoms with Gasteiger partial charge in [-0.3, -0.25) is 4.79 Å². The number of fused-ring (bicyclic) bond motifs is 1. The summed E-state index contributed by atoms with van der Waals surface area (Å²) in [6.45, 7) is 2.72. The number of rotatable bonds is 3. The van der Waals surface area contributed by atoms with Crippen LogP contribution in [0.25, 0.3) is 0 Å². The molecule has 4 heteroatoms. The Morgan fingerprint density at radius 3 is 3.00 bits per heavy atom. The van der Waals surface area contributed by atoms with Crippen LogP contribution in [-0.2, 0) is 4.79 Å². The molecule has 0 saturated carbocycles. The van der Waals surface area contributed by atoms with Gasteiger partial charge in [-0.25, -0.2) is 4.98 Å². The molecule has 1 aromatic carbocycles. The first kappa shape index (κ1) is 12.7. The van der Waals surface area contributed by atoms with Gasteiger partial charge < -0.3 is 10.6 Å². The van der Waals surface area contributed by atoms with Crippen molar-refractivity contribution >= 4 is 17.4 Å². The van der Waals surface area contributed by atoms with E-state index in [4.69, 9.17) is 0 Å². The third kappa shape index (κ3) is 2.64. The normalized spacial score (nSPS) is 16.4. The fourth-order valence-electron chi connectivity index (χ4n) is 2.57. The maximum Gasteiger partial charge on any atom is 0.226 e. The molecule has 4 nitrogen and oxygen atoms in total. The second-order valence-corrected chi connectivity index (χ2v) is 5.08. The number of carbonyl (C=O) groups excluding carboxylic acids is 1. The lowest BCUT2D eigenvalue weighted by Crippen LogP contribution is -2.17. The van der Waals surface area contributed by atoms with Crippen LogP contribution < -0.4 is 10.6 Å². The Bertz CT molecular complexity index is 639. The number of para-hydroxylation sites is 1. The van der Waals surface area contributed by atoms with Crippen LogP contribution in [0.1, 0.15) is 23.6 Å². The van der Waals surface area contributed by atoms with Gasteiger partial charge in [-0.05, 0) is 30.7 Å². The molecule has 0 spiro atoms. The lowest BCUT2D eigenvalue weighted by atomic mass is 9.97. The average molecular weight is 267 g/mol. The first-order valence-corrected chi connectivity index (χ1v) is 6.78. The predicted molar refractivity (Wildman–Crippen MR) is 79.9 cm³/mol. The van der Waals surface area contributed by atoms with E-state index in [9.17, 15) is 4.79 Å². The third-order valence-corrected chi connectivity index (χ3v) is 3.53. The molecule has 0 bridgehead atoms. The van der Waals surface area contributed by atoms with Gasteiger partial charge in [0.25, 0.3) is 0 Å². The monoisotopic (exact) mass is 267 g/mol. The molecular weight excluding hydrogens is 250 g/mol. The van der Waals surface area contributed by atoms with Gasteiger partial charge in [0.05, 0.1) is 0 Å². The quantitative estimate of drug-likeness (QED) is 0.899. The van der Waals surface area contributed by atoms with E-state index in [0.717, 1.165) is 17.9 Å². The summed E-state index contributed by atoms with van der Waals surface area (Å²) in [6, 6.07) is 13.8. The van der Waals surface area contributed by atoms with Crippen LogP contribution >= 0.6 is 0 Å². The Morgan fingerprint density at radius 2 is 2.15 bits per heavy atom. The number of hydrogen-bond acceptors (Lipinski definition) is 3. The molecule has 0 radical (unpaired) electrons. The molecule has 2 heterocycles. The highest BCUT2D eigenvalue weighted by atomic mass is 16.1. The Hall–Kier alpha value is -2.36. The minimum absolute atomic E-state index is 0.00611. The van der Waals surface area contributed by atoms with Gasteiger partial charge in [0, 0.05) is 30.3 Å². The smallest absolute Gasteiger partial charge is 0.226 e. The van der Waals surface area contributed by atoms with Crippen molar-refractivity contribution in [3.05, 3.63) is 53.7 Å². The summed E-state index contributed by atoms with van der Waals surface area (Å²) < 4.78 is 0. The second kappa shape index (κ2) is 5.33. The SMILES string of the molecule is Cc1cccc(NC(=O)CC2CNc3ccccc32)n1. The standard InChI is InChI=1S/C16H17N3O/c1-11-5-4-8-15(18-11)19-16(20)9-12-10-17-14-7-3-2-6-13(12)14/h2-8,12,17H,9-10H2,1H3,(H,18,19,20). The number of benzene rings is 1. The number of carbonyl (C=O) groups is 1. The van der Waals surface area contributed by atoms with E-state index < -0.39 is 0 Å². The molecule has 3 rings (SSSR count). The van der Waals surface area contributed by atoms with Gasteiger partial charge in [0.2, 0.25) is 5.91 Å². The van der Waals surface area contributed by atoms with Crippen LogP contribution in [0.2, 0.25) is 0 Å². The zero-order valence-corrected chi connectivity index (χ0v) is 11.4. The summed E-state index contributed by atoms with van der Waals surface area (Å²) in [7, 11) is 0. The number of amides is 1. The number of anilines is 2. The van der Waals surface area contributed by atoms with E-state index in [1.807, 2.05) is 37.3 Å². The molecule has 1 unspecified atom stereocenters. The first-order valence-electron chi connectivity index (χ1n) is 6.78. The maximum absolute atomic E-state index is 12.1. The summed E-state index contributed by atoms with van der Waals surface area (Å²) in [5.74, 6) is 0.858. The van der Waals surface area contributed by atoms with E-state index in [1.54, 1.807) is 0 Å². The van der Waals surface area contributed by atoms with Crippen molar-refractivity contribution in [1.29, 1.82) is 0 Å². The first-order chi connectivity index (χ1) is 9.72. The van der Waals surface area contributed by atoms with Crippen molar-refractivity contribution in [2.45, 2.75) is 19.3 Å². The number of nitrogens with zero attached hydrogens (tertiary/aromatic N) is 1. The molecule has 1 amide bonds. The maximum atomic E-state index is 12.1. The Kier molecular flexibility index (Phi) is 3.37. The van der Waals surface area contributed by atoms with Gasteiger partial charge in [0.1, 0.15) is 5.82 Å². The summed E-state index contributed by atoms with van der Waals surface area (Å²) in [6.07, 6.45) is 0.472. The zero-order chi connectivity index (χ0) is 13.9. The van der Waals surface area contributed by atoms with Crippen molar-refractivity contribution in [2.75, 3.05) is 17.2 Å². The fraction of sp³-hybridized carbons (Fsp3) is 0.250. The van der Waals surface area contributed by atoms with Gasteiger partial charge in [0.15, 0.2) is 0 Å². The van der Waals surface area contributed by atoms with Crippen LogP contribution in [-0.4, -0.2) is 17.4 Å². The van der Waals surface area contributed by atoms with Crippen molar-refractivity contribution in [1.82, 2.24) is 4.98 Å². The highest BCUT2D eigenvalue weighted by Gasteiger charge is 2.23. The Labute approximate surface area is 118 Å². The van der Waals surface area contributed by atoms with Gasteiger partial charge >= 0.3 is 0 Å². The van der Waals surface area contributed by atoms with E-state index in [-0.39, 0.29) is 11.8 Å². The molecule has 0 aliphatic carbocycles. The molecule has 0 fully saturated rings. The van der Waals surface area contributed by atoms with Crippen LogP contribution in [0.3, 0.4) is 0 Å². The highest BCUT2D eigenvalue weighted by Crippen LogP contribution is 2.33. The zero-order valence-electron chi connectivity index (χ0n) is 11.4. The number of aryl methyl sites for hydroxylation is 1. The van der Waals surface area contributed by atoms with Crippen molar-refractivity contribution in [2.24, 2.45) is 0 Å². The third-order valence-electron chi connectivity index (χ3n) is 3.53. The molecule has 102 valence electrons. The lowest BCUT2D eigenvalue weighted by Gasteiger charge is -2.10. The van der Waals surface area contributed by atoms with Crippen molar-refractivity contribution in [3.8, 4) is 0 Å². The van der Waals surface area contributed by atoms with Crippen molar-refractivity contribution in [3.63, 3.8) is 0 Å². The van der Waals surface area contributed by atoms with Gasteiger partial charge in [-0.15, -0.1) is 0 Å². The van der Waals surface area contributed by atoms with Gasteiger partial charge in [-0.1, -0.05) is 24.3 Å². The Balaban J connectivity index is 1.66. The Morgan fingerprint density at radius 1 is 1.30 bits per heavy atom. The number of nitrogens with one attached hydrogen (secondary N) is 2. The van der Waals surface area contributed by atoms with Crippen LogP contribution in [0.5, 0.6) is 0 Å². The molecule has 1 aromatic heterocycles. The number of hydrogen-bond donors (Lipinski definition) is 2. The van der Waals surface area contributed by atoms with E-state index in [1.165, 1.54) is 5.56 Å². The summed E-state index contributed by atoms with van der Waals surface area (Å²) in [5, 5.41) is 6.20. The average Bonchev–Trinajstić information content (AvgIpc) is 2.82. The highest BCUT2D eigenvalue weighted by molar-refractivity contribution is 5.90. The number of aromatic nitrogens is 1. The molecular formula is C16H17N3O. The molecule has 2 N–H and O–H groups in total. The molecule has 2 aromatic rings. The summed E-state index contributed by atoms with van der Waals surface area (Å²) in [5.41, 5.74) is 3.26. The lowest BCUT2D eigenvalue weighted by molar-refractivity contribution is -0.116. The minimum Gasteiger partial charge on any atom is -0.384 e. The van der Waals surface area contributed by atoms with Crippen LogP contribution in [0.4, 0.5) is 11.5 Å². The fourth-order valence-corrected chi connectivity index (χ4v) is 2.57. The van der Waals surface area contributed by atoms with E-state index in [2.05, 4.69) is 27.8 Å². The number of pyridine rings is 1. The predicted octanol–water partition coefficient (Wildman–Crippen LogP) is 2.93. The largest absolute Gasteiger partial charge is 0.384 e. The van der Waals surface area contributed by atoms with Crippen molar-refractivity contribution < 1.29 is 4.79 Å². The van der Waals surface area contributed by atoms with Crippen LogP contribution in [0.15, 0.2) is 42.5 Å². The molecule has 20 heavy (non-hydrogen) atoms. The topological polar surface area (TPSA) is 54.0 Å². The molecule has 1 aliphatic rings. The summed E-state index contributed by atoms with van der Waals surface area (Å²) in [4.78, 5) is 16.4. The van der Waals surface area contributed by atoms with Crippen LogP contribution in [0, 0.1) is 6.92 Å². The minimum atomic E-state index is 0.00611. The molecule has 1 aliphatic heterocycles.